The van der Waals surface area contributed by atoms with Gasteiger partial charge in [0.2, 0.25) is 0 Å². The summed E-state index contributed by atoms with van der Waals surface area (Å²) in [5, 5.41) is 3.23. The molecule has 0 radical (unpaired) electrons. The highest BCUT2D eigenvalue weighted by molar-refractivity contribution is 5.38. The number of hydrogen-bond donors (Lipinski definition) is 1. The molecule has 2 aromatic carbocycles. The SMILES string of the molecule is CCc1ccccc1Oc1ccc(C(C)NC)cc1. The Morgan fingerprint density at radius 3 is 2.37 bits per heavy atom. The number of benzene rings is 2. The molecule has 2 heteroatoms. The van der Waals surface area contributed by atoms with Crippen molar-refractivity contribution in [3.8, 4) is 11.5 Å². The quantitative estimate of drug-likeness (QED) is 0.859. The van der Waals surface area contributed by atoms with Crippen LogP contribution in [0.15, 0.2) is 48.5 Å². The third-order valence-electron chi connectivity index (χ3n) is 3.39. The Hall–Kier alpha value is -1.80. The highest BCUT2D eigenvalue weighted by atomic mass is 16.5. The topological polar surface area (TPSA) is 21.3 Å². The lowest BCUT2D eigenvalue weighted by molar-refractivity contribution is 0.476. The van der Waals surface area contributed by atoms with E-state index in [1.807, 2.05) is 37.4 Å². The van der Waals surface area contributed by atoms with Gasteiger partial charge in [-0.2, -0.15) is 0 Å². The molecule has 0 spiro atoms. The fraction of sp³-hybridized carbons (Fsp3) is 0.294. The van der Waals surface area contributed by atoms with Gasteiger partial charge in [-0.05, 0) is 49.7 Å². The molecule has 1 N–H and O–H groups in total. The van der Waals surface area contributed by atoms with E-state index < -0.39 is 0 Å². The van der Waals surface area contributed by atoms with Crippen LogP contribution in [0.25, 0.3) is 0 Å². The molecule has 0 amide bonds. The van der Waals surface area contributed by atoms with Crippen LogP contribution in [0.5, 0.6) is 11.5 Å². The Morgan fingerprint density at radius 2 is 1.74 bits per heavy atom. The summed E-state index contributed by atoms with van der Waals surface area (Å²) >= 11 is 0. The fourth-order valence-electron chi connectivity index (χ4n) is 2.01. The molecule has 1 atom stereocenters. The van der Waals surface area contributed by atoms with Gasteiger partial charge >= 0.3 is 0 Å². The molecule has 0 heterocycles. The number of ether oxygens (including phenoxy) is 1. The van der Waals surface area contributed by atoms with Crippen LogP contribution >= 0.6 is 0 Å². The molecule has 1 unspecified atom stereocenters. The molecule has 0 aliphatic carbocycles. The maximum absolute atomic E-state index is 5.95. The zero-order valence-corrected chi connectivity index (χ0v) is 11.8. The lowest BCUT2D eigenvalue weighted by atomic mass is 10.1. The predicted molar refractivity (Wildman–Crippen MR) is 79.8 cm³/mol. The molecular formula is C17H21NO. The van der Waals surface area contributed by atoms with Crippen molar-refractivity contribution in [2.75, 3.05) is 7.05 Å². The van der Waals surface area contributed by atoms with Crippen LogP contribution in [0.2, 0.25) is 0 Å². The minimum atomic E-state index is 0.358. The Balaban J connectivity index is 2.15. The highest BCUT2D eigenvalue weighted by Gasteiger charge is 2.05. The second-order valence-electron chi connectivity index (χ2n) is 4.64. The maximum Gasteiger partial charge on any atom is 0.130 e. The van der Waals surface area contributed by atoms with Gasteiger partial charge in [0.15, 0.2) is 0 Å². The van der Waals surface area contributed by atoms with Crippen LogP contribution < -0.4 is 10.1 Å². The summed E-state index contributed by atoms with van der Waals surface area (Å²) in [6, 6.07) is 16.8. The van der Waals surface area contributed by atoms with Crippen LogP contribution in [-0.2, 0) is 6.42 Å². The standard InChI is InChI=1S/C17H21NO/c1-4-14-7-5-6-8-17(14)19-16-11-9-15(10-12-16)13(2)18-3/h5-13,18H,4H2,1-3H3. The summed E-state index contributed by atoms with van der Waals surface area (Å²) in [7, 11) is 1.96. The molecule has 100 valence electrons. The molecule has 0 aromatic heterocycles. The molecule has 0 aliphatic rings. The molecule has 2 nitrogen and oxygen atoms in total. The summed E-state index contributed by atoms with van der Waals surface area (Å²) in [5.74, 6) is 1.83. The molecule has 0 fully saturated rings. The Morgan fingerprint density at radius 1 is 1.05 bits per heavy atom. The van der Waals surface area contributed by atoms with Gasteiger partial charge in [0.1, 0.15) is 11.5 Å². The van der Waals surface area contributed by atoms with E-state index in [1.54, 1.807) is 0 Å². The molecule has 0 bridgehead atoms. The molecule has 0 saturated carbocycles. The van der Waals surface area contributed by atoms with E-state index >= 15 is 0 Å². The third kappa shape index (κ3) is 3.36. The summed E-state index contributed by atoms with van der Waals surface area (Å²) in [4.78, 5) is 0. The van der Waals surface area contributed by atoms with Crippen molar-refractivity contribution < 1.29 is 4.74 Å². The van der Waals surface area contributed by atoms with Crippen LogP contribution in [0.1, 0.15) is 31.0 Å². The molecule has 2 aromatic rings. The van der Waals surface area contributed by atoms with Crippen LogP contribution in [0.3, 0.4) is 0 Å². The number of para-hydroxylation sites is 1. The first-order valence-electron chi connectivity index (χ1n) is 6.77. The molecule has 0 aliphatic heterocycles. The normalized spacial score (nSPS) is 12.2. The van der Waals surface area contributed by atoms with Gasteiger partial charge in [0.05, 0.1) is 0 Å². The van der Waals surface area contributed by atoms with Crippen molar-refractivity contribution in [3.05, 3.63) is 59.7 Å². The second kappa shape index (κ2) is 6.39. The summed E-state index contributed by atoms with van der Waals surface area (Å²) in [6.07, 6.45) is 0.977. The van der Waals surface area contributed by atoms with Crippen molar-refractivity contribution in [1.29, 1.82) is 0 Å². The van der Waals surface area contributed by atoms with Gasteiger partial charge in [0.25, 0.3) is 0 Å². The van der Waals surface area contributed by atoms with Gasteiger partial charge in [-0.15, -0.1) is 0 Å². The predicted octanol–water partition coefficient (Wildman–Crippen LogP) is 4.32. The van der Waals surface area contributed by atoms with Crippen LogP contribution in [0, 0.1) is 0 Å². The van der Waals surface area contributed by atoms with Crippen molar-refractivity contribution in [1.82, 2.24) is 5.32 Å². The number of hydrogen-bond acceptors (Lipinski definition) is 2. The lowest BCUT2D eigenvalue weighted by Gasteiger charge is -2.13. The van der Waals surface area contributed by atoms with E-state index in [9.17, 15) is 0 Å². The largest absolute Gasteiger partial charge is 0.457 e. The number of rotatable bonds is 5. The number of aryl methyl sites for hydroxylation is 1. The first-order valence-corrected chi connectivity index (χ1v) is 6.77. The summed E-state index contributed by atoms with van der Waals surface area (Å²) < 4.78 is 5.95. The van der Waals surface area contributed by atoms with Crippen molar-refractivity contribution in [2.24, 2.45) is 0 Å². The average Bonchev–Trinajstić information content (AvgIpc) is 2.48. The zero-order chi connectivity index (χ0) is 13.7. The Bertz CT molecular complexity index is 519. The third-order valence-corrected chi connectivity index (χ3v) is 3.39. The fourth-order valence-corrected chi connectivity index (χ4v) is 2.01. The van der Waals surface area contributed by atoms with Crippen molar-refractivity contribution in [3.63, 3.8) is 0 Å². The minimum absolute atomic E-state index is 0.358. The van der Waals surface area contributed by atoms with Gasteiger partial charge in [-0.25, -0.2) is 0 Å². The Labute approximate surface area is 115 Å². The van der Waals surface area contributed by atoms with Crippen LogP contribution in [-0.4, -0.2) is 7.05 Å². The van der Waals surface area contributed by atoms with Gasteiger partial charge in [-0.1, -0.05) is 37.3 Å². The molecular weight excluding hydrogens is 234 g/mol. The highest BCUT2D eigenvalue weighted by Crippen LogP contribution is 2.26. The van der Waals surface area contributed by atoms with Crippen molar-refractivity contribution >= 4 is 0 Å². The smallest absolute Gasteiger partial charge is 0.130 e. The van der Waals surface area contributed by atoms with Gasteiger partial charge in [-0.3, -0.25) is 0 Å². The molecule has 2 rings (SSSR count). The Kier molecular flexibility index (Phi) is 4.58. The molecule has 19 heavy (non-hydrogen) atoms. The molecule has 0 saturated heterocycles. The maximum atomic E-state index is 5.95. The van der Waals surface area contributed by atoms with E-state index in [-0.39, 0.29) is 0 Å². The first kappa shape index (κ1) is 13.6. The van der Waals surface area contributed by atoms with Gasteiger partial charge < -0.3 is 10.1 Å². The van der Waals surface area contributed by atoms with E-state index in [4.69, 9.17) is 4.74 Å². The monoisotopic (exact) mass is 255 g/mol. The zero-order valence-electron chi connectivity index (χ0n) is 11.8. The van der Waals surface area contributed by atoms with Crippen molar-refractivity contribution in [2.45, 2.75) is 26.3 Å². The lowest BCUT2D eigenvalue weighted by Crippen LogP contribution is -2.11. The summed E-state index contributed by atoms with van der Waals surface area (Å²) in [5.41, 5.74) is 2.49. The summed E-state index contributed by atoms with van der Waals surface area (Å²) in [6.45, 7) is 4.28. The van der Waals surface area contributed by atoms with E-state index in [2.05, 4.69) is 37.4 Å². The second-order valence-corrected chi connectivity index (χ2v) is 4.64. The number of nitrogens with one attached hydrogen (secondary N) is 1. The van der Waals surface area contributed by atoms with E-state index in [1.165, 1.54) is 11.1 Å². The first-order chi connectivity index (χ1) is 9.24. The average molecular weight is 255 g/mol. The minimum Gasteiger partial charge on any atom is -0.457 e. The van der Waals surface area contributed by atoms with Gasteiger partial charge in [0, 0.05) is 6.04 Å². The van der Waals surface area contributed by atoms with E-state index in [0.29, 0.717) is 6.04 Å². The van der Waals surface area contributed by atoms with Crippen LogP contribution in [0.4, 0.5) is 0 Å². The van der Waals surface area contributed by atoms with E-state index in [0.717, 1.165) is 17.9 Å².